The van der Waals surface area contributed by atoms with Gasteiger partial charge in [0.05, 0.1) is 26.1 Å². The third-order valence-electron chi connectivity index (χ3n) is 2.32. The average Bonchev–Trinajstić information content (AvgIpc) is 2.28. The number of esters is 1. The summed E-state index contributed by atoms with van der Waals surface area (Å²) >= 11 is 0. The van der Waals surface area contributed by atoms with Crippen molar-refractivity contribution in [1.29, 1.82) is 0 Å². The van der Waals surface area contributed by atoms with Gasteiger partial charge in [-0.25, -0.2) is 0 Å². The highest BCUT2D eigenvalue weighted by Gasteiger charge is 2.11. The van der Waals surface area contributed by atoms with E-state index in [4.69, 9.17) is 14.6 Å². The number of carbonyl (C=O) groups is 2. The van der Waals surface area contributed by atoms with Crippen LogP contribution in [0.5, 0.6) is 0 Å². The summed E-state index contributed by atoms with van der Waals surface area (Å²) in [5.74, 6) is -1.43. The second-order valence-electron chi connectivity index (χ2n) is 3.57. The molecule has 1 rings (SSSR count). The molecule has 1 N–H and O–H groups in total. The minimum Gasteiger partial charge on any atom is -0.481 e. The van der Waals surface area contributed by atoms with Crippen molar-refractivity contribution in [2.45, 2.75) is 12.8 Å². The van der Waals surface area contributed by atoms with E-state index in [0.717, 1.165) is 13.1 Å². The lowest BCUT2D eigenvalue weighted by molar-refractivity contribution is -0.148. The van der Waals surface area contributed by atoms with Gasteiger partial charge in [0.25, 0.3) is 0 Å². The Morgan fingerprint density at radius 2 is 1.94 bits per heavy atom. The molecule has 6 nitrogen and oxygen atoms in total. The van der Waals surface area contributed by atoms with E-state index in [1.807, 2.05) is 0 Å². The zero-order valence-corrected chi connectivity index (χ0v) is 9.18. The van der Waals surface area contributed by atoms with Gasteiger partial charge in [-0.1, -0.05) is 0 Å². The van der Waals surface area contributed by atoms with E-state index < -0.39 is 11.9 Å². The summed E-state index contributed by atoms with van der Waals surface area (Å²) in [6.07, 6.45) is -0.227. The highest BCUT2D eigenvalue weighted by molar-refractivity contribution is 5.76. The van der Waals surface area contributed by atoms with Crippen LogP contribution in [0.4, 0.5) is 0 Å². The SMILES string of the molecule is O=C(O)CCC(=O)OCCN1CCOCC1. The molecule has 0 aliphatic carbocycles. The zero-order valence-electron chi connectivity index (χ0n) is 9.18. The fraction of sp³-hybridized carbons (Fsp3) is 0.800. The summed E-state index contributed by atoms with van der Waals surface area (Å²) in [6, 6.07) is 0. The first kappa shape index (κ1) is 12.9. The van der Waals surface area contributed by atoms with Crippen molar-refractivity contribution in [3.8, 4) is 0 Å². The normalized spacial score (nSPS) is 17.0. The minimum absolute atomic E-state index is 0.0571. The smallest absolute Gasteiger partial charge is 0.306 e. The number of ether oxygens (including phenoxy) is 2. The van der Waals surface area contributed by atoms with E-state index in [2.05, 4.69) is 4.90 Å². The Morgan fingerprint density at radius 3 is 2.56 bits per heavy atom. The van der Waals surface area contributed by atoms with Crippen LogP contribution in [0.25, 0.3) is 0 Å². The lowest BCUT2D eigenvalue weighted by atomic mass is 10.3. The molecule has 1 heterocycles. The van der Waals surface area contributed by atoms with Crippen LogP contribution in [0, 0.1) is 0 Å². The summed E-state index contributed by atoms with van der Waals surface area (Å²) in [5.41, 5.74) is 0. The van der Waals surface area contributed by atoms with Gasteiger partial charge in [-0.15, -0.1) is 0 Å². The van der Waals surface area contributed by atoms with E-state index >= 15 is 0 Å². The Hall–Kier alpha value is -1.14. The molecule has 1 saturated heterocycles. The first-order valence-corrected chi connectivity index (χ1v) is 5.36. The van der Waals surface area contributed by atoms with Gasteiger partial charge in [-0.3, -0.25) is 14.5 Å². The number of hydrogen-bond acceptors (Lipinski definition) is 5. The lowest BCUT2D eigenvalue weighted by Gasteiger charge is -2.26. The zero-order chi connectivity index (χ0) is 11.8. The molecule has 0 aromatic rings. The maximum Gasteiger partial charge on any atom is 0.306 e. The lowest BCUT2D eigenvalue weighted by Crippen LogP contribution is -2.38. The standard InChI is InChI=1S/C10H17NO5/c12-9(13)1-2-10(14)16-8-5-11-3-6-15-7-4-11/h1-8H2,(H,12,13). The number of carboxylic acids is 1. The quantitative estimate of drug-likeness (QED) is 0.634. The fourth-order valence-corrected chi connectivity index (χ4v) is 1.39. The van der Waals surface area contributed by atoms with Crippen LogP contribution < -0.4 is 0 Å². The second-order valence-corrected chi connectivity index (χ2v) is 3.57. The van der Waals surface area contributed by atoms with Gasteiger partial charge >= 0.3 is 11.9 Å². The number of morpholine rings is 1. The number of carbonyl (C=O) groups excluding carboxylic acids is 1. The molecule has 6 heteroatoms. The number of rotatable bonds is 6. The summed E-state index contributed by atoms with van der Waals surface area (Å²) in [6.45, 7) is 4.14. The van der Waals surface area contributed by atoms with Crippen LogP contribution in [0.3, 0.4) is 0 Å². The van der Waals surface area contributed by atoms with Crippen molar-refractivity contribution in [3.05, 3.63) is 0 Å². The Balaban J connectivity index is 2.01. The van der Waals surface area contributed by atoms with Crippen molar-refractivity contribution in [3.63, 3.8) is 0 Å². The van der Waals surface area contributed by atoms with E-state index in [-0.39, 0.29) is 12.8 Å². The van der Waals surface area contributed by atoms with Crippen LogP contribution in [-0.2, 0) is 19.1 Å². The molecule has 0 bridgehead atoms. The molecular weight excluding hydrogens is 214 g/mol. The van der Waals surface area contributed by atoms with Gasteiger partial charge in [-0.05, 0) is 0 Å². The largest absolute Gasteiger partial charge is 0.481 e. The van der Waals surface area contributed by atoms with E-state index in [9.17, 15) is 9.59 Å². The van der Waals surface area contributed by atoms with Crippen LogP contribution >= 0.6 is 0 Å². The van der Waals surface area contributed by atoms with Crippen molar-refractivity contribution in [2.24, 2.45) is 0 Å². The van der Waals surface area contributed by atoms with Crippen molar-refractivity contribution < 1.29 is 24.2 Å². The molecule has 16 heavy (non-hydrogen) atoms. The maximum atomic E-state index is 11.1. The molecule has 0 aromatic heterocycles. The maximum absolute atomic E-state index is 11.1. The summed E-state index contributed by atoms with van der Waals surface area (Å²) in [5, 5.41) is 8.36. The molecule has 0 spiro atoms. The van der Waals surface area contributed by atoms with Crippen molar-refractivity contribution >= 4 is 11.9 Å². The van der Waals surface area contributed by atoms with Crippen LogP contribution in [0.1, 0.15) is 12.8 Å². The highest BCUT2D eigenvalue weighted by atomic mass is 16.5. The van der Waals surface area contributed by atoms with Gasteiger partial charge in [0.2, 0.25) is 0 Å². The molecule has 0 radical (unpaired) electrons. The number of aliphatic carboxylic acids is 1. The highest BCUT2D eigenvalue weighted by Crippen LogP contribution is 1.97. The summed E-state index contributed by atoms with van der Waals surface area (Å²) < 4.78 is 10.1. The summed E-state index contributed by atoms with van der Waals surface area (Å²) in [7, 11) is 0. The minimum atomic E-state index is -0.981. The molecule has 1 aliphatic heterocycles. The summed E-state index contributed by atoms with van der Waals surface area (Å²) in [4.78, 5) is 23.4. The average molecular weight is 231 g/mol. The molecular formula is C10H17NO5. The van der Waals surface area contributed by atoms with Crippen molar-refractivity contribution in [2.75, 3.05) is 39.5 Å². The van der Waals surface area contributed by atoms with Gasteiger partial charge in [0, 0.05) is 19.6 Å². The first-order chi connectivity index (χ1) is 7.68. The molecule has 0 amide bonds. The molecule has 0 atom stereocenters. The third kappa shape index (κ3) is 5.67. The predicted octanol–water partition coefficient (Wildman–Crippen LogP) is -0.273. The van der Waals surface area contributed by atoms with Crippen LogP contribution in [0.2, 0.25) is 0 Å². The van der Waals surface area contributed by atoms with Crippen LogP contribution in [-0.4, -0.2) is 61.4 Å². The van der Waals surface area contributed by atoms with Gasteiger partial charge in [-0.2, -0.15) is 0 Å². The van der Waals surface area contributed by atoms with E-state index in [1.54, 1.807) is 0 Å². The fourth-order valence-electron chi connectivity index (χ4n) is 1.39. The van der Waals surface area contributed by atoms with E-state index in [0.29, 0.717) is 26.4 Å². The first-order valence-electron chi connectivity index (χ1n) is 5.36. The Labute approximate surface area is 94.1 Å². The number of nitrogens with zero attached hydrogens (tertiary/aromatic N) is 1. The van der Waals surface area contributed by atoms with Crippen molar-refractivity contribution in [1.82, 2.24) is 4.90 Å². The van der Waals surface area contributed by atoms with Gasteiger partial charge in [0.1, 0.15) is 6.61 Å². The topological polar surface area (TPSA) is 76.1 Å². The molecule has 0 aromatic carbocycles. The molecule has 1 fully saturated rings. The van der Waals surface area contributed by atoms with E-state index in [1.165, 1.54) is 0 Å². The number of hydrogen-bond donors (Lipinski definition) is 1. The Kier molecular flexibility index (Phi) is 5.81. The molecule has 92 valence electrons. The number of carboxylic acid groups (broad SMARTS) is 1. The molecule has 0 saturated carbocycles. The van der Waals surface area contributed by atoms with Gasteiger partial charge < -0.3 is 14.6 Å². The van der Waals surface area contributed by atoms with Gasteiger partial charge in [0.15, 0.2) is 0 Å². The van der Waals surface area contributed by atoms with Crippen LogP contribution in [0.15, 0.2) is 0 Å². The Morgan fingerprint density at radius 1 is 1.25 bits per heavy atom. The third-order valence-corrected chi connectivity index (χ3v) is 2.32. The second kappa shape index (κ2) is 7.19. The Bertz CT molecular complexity index is 237. The monoisotopic (exact) mass is 231 g/mol. The molecule has 0 unspecified atom stereocenters. The predicted molar refractivity (Wildman–Crippen MR) is 55.1 cm³/mol. The molecule has 1 aliphatic rings.